The fourth-order valence-electron chi connectivity index (χ4n) is 1.06. The van der Waals surface area contributed by atoms with Crippen molar-refractivity contribution >= 4 is 11.6 Å². The van der Waals surface area contributed by atoms with Crippen molar-refractivity contribution < 1.29 is 4.74 Å². The molecule has 0 aromatic heterocycles. The molecule has 3 heteroatoms. The number of halogens is 1. The van der Waals surface area contributed by atoms with E-state index in [4.69, 9.17) is 16.3 Å². The van der Waals surface area contributed by atoms with E-state index >= 15 is 0 Å². The Morgan fingerprint density at radius 3 is 3.00 bits per heavy atom. The van der Waals surface area contributed by atoms with Crippen molar-refractivity contribution in [1.29, 1.82) is 0 Å². The van der Waals surface area contributed by atoms with E-state index in [1.165, 1.54) is 18.4 Å². The van der Waals surface area contributed by atoms with Gasteiger partial charge in [-0.05, 0) is 31.7 Å². The molecule has 1 fully saturated rings. The van der Waals surface area contributed by atoms with E-state index < -0.39 is 0 Å². The standard InChI is InChI=1S/C10H18ClNO/c11-5-1-6-12-7-2-8-13-9-10-3-4-10/h1,5,10,12H,2-4,6-9H2/b5-1+. The average Bonchev–Trinajstić information content (AvgIpc) is 2.93. The van der Waals surface area contributed by atoms with Crippen LogP contribution in [0.4, 0.5) is 0 Å². The monoisotopic (exact) mass is 203 g/mol. The Bertz CT molecular complexity index is 146. The predicted octanol–water partition coefficient (Wildman–Crippen LogP) is 2.15. The molecule has 1 N–H and O–H groups in total. The molecule has 0 atom stereocenters. The minimum Gasteiger partial charge on any atom is -0.381 e. The van der Waals surface area contributed by atoms with Crippen molar-refractivity contribution in [2.75, 3.05) is 26.3 Å². The van der Waals surface area contributed by atoms with Crippen LogP contribution in [0.1, 0.15) is 19.3 Å². The van der Waals surface area contributed by atoms with Crippen LogP contribution in [0.5, 0.6) is 0 Å². The minimum absolute atomic E-state index is 0.853. The fraction of sp³-hybridized carbons (Fsp3) is 0.800. The number of hydrogen-bond donors (Lipinski definition) is 1. The third-order valence-corrected chi connectivity index (χ3v) is 2.22. The molecule has 0 unspecified atom stereocenters. The molecule has 0 aromatic rings. The highest BCUT2D eigenvalue weighted by molar-refractivity contribution is 6.25. The van der Waals surface area contributed by atoms with Gasteiger partial charge in [-0.15, -0.1) is 0 Å². The molecular weight excluding hydrogens is 186 g/mol. The minimum atomic E-state index is 0.853. The van der Waals surface area contributed by atoms with Crippen LogP contribution in [0.15, 0.2) is 11.6 Å². The van der Waals surface area contributed by atoms with Gasteiger partial charge < -0.3 is 10.1 Å². The lowest BCUT2D eigenvalue weighted by Crippen LogP contribution is -2.16. The highest BCUT2D eigenvalue weighted by Gasteiger charge is 2.20. The van der Waals surface area contributed by atoms with E-state index in [0.29, 0.717) is 0 Å². The summed E-state index contributed by atoms with van der Waals surface area (Å²) in [6.45, 7) is 3.72. The molecule has 0 aromatic carbocycles. The zero-order chi connectivity index (χ0) is 9.36. The lowest BCUT2D eigenvalue weighted by atomic mass is 10.4. The van der Waals surface area contributed by atoms with Crippen LogP contribution in [0.3, 0.4) is 0 Å². The highest BCUT2D eigenvalue weighted by Crippen LogP contribution is 2.28. The van der Waals surface area contributed by atoms with E-state index in [0.717, 1.165) is 38.6 Å². The second-order valence-corrected chi connectivity index (χ2v) is 3.69. The van der Waals surface area contributed by atoms with Crippen LogP contribution in [-0.2, 0) is 4.74 Å². The molecular formula is C10H18ClNO. The van der Waals surface area contributed by atoms with Gasteiger partial charge >= 0.3 is 0 Å². The van der Waals surface area contributed by atoms with Crippen molar-refractivity contribution in [3.63, 3.8) is 0 Å². The number of ether oxygens (including phenoxy) is 1. The smallest absolute Gasteiger partial charge is 0.0494 e. The molecule has 2 nitrogen and oxygen atoms in total. The van der Waals surface area contributed by atoms with E-state index in [9.17, 15) is 0 Å². The molecule has 0 bridgehead atoms. The average molecular weight is 204 g/mol. The van der Waals surface area contributed by atoms with Crippen molar-refractivity contribution in [3.05, 3.63) is 11.6 Å². The van der Waals surface area contributed by atoms with Gasteiger partial charge in [0, 0.05) is 25.3 Å². The number of rotatable bonds is 8. The highest BCUT2D eigenvalue weighted by atomic mass is 35.5. The second-order valence-electron chi connectivity index (χ2n) is 3.44. The first-order valence-electron chi connectivity index (χ1n) is 4.97. The lowest BCUT2D eigenvalue weighted by molar-refractivity contribution is 0.122. The van der Waals surface area contributed by atoms with Crippen LogP contribution in [-0.4, -0.2) is 26.3 Å². The summed E-state index contributed by atoms with van der Waals surface area (Å²) in [5, 5.41) is 3.24. The molecule has 1 saturated carbocycles. The van der Waals surface area contributed by atoms with Crippen LogP contribution in [0.2, 0.25) is 0 Å². The van der Waals surface area contributed by atoms with Crippen molar-refractivity contribution in [3.8, 4) is 0 Å². The Balaban J connectivity index is 1.68. The molecule has 13 heavy (non-hydrogen) atoms. The summed E-state index contributed by atoms with van der Waals surface area (Å²) < 4.78 is 5.48. The van der Waals surface area contributed by atoms with E-state index in [1.54, 1.807) is 0 Å². The topological polar surface area (TPSA) is 21.3 Å². The molecule has 0 radical (unpaired) electrons. The molecule has 1 aliphatic rings. The third-order valence-electron chi connectivity index (χ3n) is 2.04. The Morgan fingerprint density at radius 2 is 2.31 bits per heavy atom. The largest absolute Gasteiger partial charge is 0.381 e. The Morgan fingerprint density at radius 1 is 1.46 bits per heavy atom. The molecule has 1 aliphatic carbocycles. The summed E-state index contributed by atoms with van der Waals surface area (Å²) in [5.41, 5.74) is 1.54. The first-order valence-corrected chi connectivity index (χ1v) is 5.41. The maximum Gasteiger partial charge on any atom is 0.0494 e. The van der Waals surface area contributed by atoms with Gasteiger partial charge in [0.25, 0.3) is 0 Å². The molecule has 76 valence electrons. The maximum absolute atomic E-state index is 5.48. The van der Waals surface area contributed by atoms with Crippen molar-refractivity contribution in [2.45, 2.75) is 19.3 Å². The van der Waals surface area contributed by atoms with Gasteiger partial charge in [-0.1, -0.05) is 17.7 Å². The van der Waals surface area contributed by atoms with Crippen LogP contribution in [0, 0.1) is 5.92 Å². The molecule has 0 aliphatic heterocycles. The third kappa shape index (κ3) is 7.05. The van der Waals surface area contributed by atoms with Crippen LogP contribution in [0.25, 0.3) is 0 Å². The summed E-state index contributed by atoms with van der Waals surface area (Å²) in [5.74, 6) is 0.882. The number of hydrogen-bond acceptors (Lipinski definition) is 2. The van der Waals surface area contributed by atoms with Gasteiger partial charge in [0.05, 0.1) is 0 Å². The first kappa shape index (κ1) is 11.0. The second kappa shape index (κ2) is 7.36. The molecule has 0 heterocycles. The summed E-state index contributed by atoms with van der Waals surface area (Å²) >= 11 is 5.36. The normalized spacial score (nSPS) is 17.0. The van der Waals surface area contributed by atoms with Gasteiger partial charge in [-0.25, -0.2) is 0 Å². The Hall–Kier alpha value is -0.0500. The number of nitrogens with one attached hydrogen (secondary N) is 1. The quantitative estimate of drug-likeness (QED) is 0.611. The van der Waals surface area contributed by atoms with E-state index in [2.05, 4.69) is 5.32 Å². The van der Waals surface area contributed by atoms with Gasteiger partial charge in [0.2, 0.25) is 0 Å². The van der Waals surface area contributed by atoms with E-state index in [1.807, 2.05) is 6.08 Å². The maximum atomic E-state index is 5.48. The summed E-state index contributed by atoms with van der Waals surface area (Å²) in [6, 6.07) is 0. The molecule has 0 saturated heterocycles. The van der Waals surface area contributed by atoms with E-state index in [-0.39, 0.29) is 0 Å². The van der Waals surface area contributed by atoms with Gasteiger partial charge in [-0.3, -0.25) is 0 Å². The molecule has 0 spiro atoms. The molecule has 1 rings (SSSR count). The summed E-state index contributed by atoms with van der Waals surface area (Å²) in [7, 11) is 0. The van der Waals surface area contributed by atoms with Crippen molar-refractivity contribution in [1.82, 2.24) is 5.32 Å². The molecule has 0 amide bonds. The van der Waals surface area contributed by atoms with Gasteiger partial charge in [-0.2, -0.15) is 0 Å². The Kier molecular flexibility index (Phi) is 6.25. The predicted molar refractivity (Wildman–Crippen MR) is 56.0 cm³/mol. The first-order chi connectivity index (χ1) is 6.43. The van der Waals surface area contributed by atoms with Gasteiger partial charge in [0.15, 0.2) is 0 Å². The summed E-state index contributed by atoms with van der Waals surface area (Å²) in [4.78, 5) is 0. The van der Waals surface area contributed by atoms with Crippen molar-refractivity contribution in [2.24, 2.45) is 5.92 Å². The SMILES string of the molecule is Cl/C=C/CNCCCOCC1CC1. The fourth-order valence-corrected chi connectivity index (χ4v) is 1.15. The summed E-state index contributed by atoms with van der Waals surface area (Å²) in [6.07, 6.45) is 5.73. The zero-order valence-corrected chi connectivity index (χ0v) is 8.72. The van der Waals surface area contributed by atoms with Crippen LogP contribution < -0.4 is 5.32 Å². The zero-order valence-electron chi connectivity index (χ0n) is 7.97. The lowest BCUT2D eigenvalue weighted by Gasteiger charge is -2.03. The van der Waals surface area contributed by atoms with Gasteiger partial charge in [0.1, 0.15) is 0 Å². The Labute approximate surface area is 85.3 Å². The van der Waals surface area contributed by atoms with Crippen LogP contribution >= 0.6 is 11.6 Å².